The first-order valence-corrected chi connectivity index (χ1v) is 9.73. The molecule has 3 aromatic rings. The third kappa shape index (κ3) is 4.51. The van der Waals surface area contributed by atoms with Crippen LogP contribution in [0.25, 0.3) is 0 Å². The van der Waals surface area contributed by atoms with Crippen molar-refractivity contribution in [2.24, 2.45) is 0 Å². The second kappa shape index (κ2) is 8.68. The number of benzene rings is 1. The minimum Gasteiger partial charge on any atom is -0.354 e. The molecular weight excluding hydrogens is 364 g/mol. The van der Waals surface area contributed by atoms with Crippen molar-refractivity contribution in [2.75, 3.05) is 43.0 Å². The van der Waals surface area contributed by atoms with E-state index in [-0.39, 0.29) is 5.91 Å². The SMILES string of the molecule is CN(Cc1ccccc1)c1cnc(C(=O)N2CCN(c3ccccn3)CC2)cn1. The van der Waals surface area contributed by atoms with Gasteiger partial charge in [0.25, 0.3) is 5.91 Å². The van der Waals surface area contributed by atoms with E-state index in [2.05, 4.69) is 32.0 Å². The van der Waals surface area contributed by atoms with Crippen molar-refractivity contribution in [1.29, 1.82) is 0 Å². The number of rotatable bonds is 5. The van der Waals surface area contributed by atoms with Gasteiger partial charge in [0.1, 0.15) is 17.3 Å². The van der Waals surface area contributed by atoms with Crippen LogP contribution in [0.3, 0.4) is 0 Å². The van der Waals surface area contributed by atoms with Crippen LogP contribution in [0.1, 0.15) is 16.1 Å². The number of piperazine rings is 1. The van der Waals surface area contributed by atoms with Gasteiger partial charge in [0.05, 0.1) is 12.4 Å². The molecule has 29 heavy (non-hydrogen) atoms. The Labute approximate surface area is 170 Å². The molecule has 0 spiro atoms. The lowest BCUT2D eigenvalue weighted by molar-refractivity contribution is 0.0740. The monoisotopic (exact) mass is 388 g/mol. The molecule has 1 amide bonds. The van der Waals surface area contributed by atoms with E-state index in [0.29, 0.717) is 18.8 Å². The molecule has 2 aromatic heterocycles. The number of nitrogens with zero attached hydrogens (tertiary/aromatic N) is 6. The molecule has 0 unspecified atom stereocenters. The zero-order chi connectivity index (χ0) is 20.1. The number of hydrogen-bond acceptors (Lipinski definition) is 6. The Morgan fingerprint density at radius 2 is 1.69 bits per heavy atom. The molecule has 148 valence electrons. The quantitative estimate of drug-likeness (QED) is 0.669. The number of aromatic nitrogens is 3. The van der Waals surface area contributed by atoms with Gasteiger partial charge in [-0.2, -0.15) is 0 Å². The summed E-state index contributed by atoms with van der Waals surface area (Å²) >= 11 is 0. The zero-order valence-corrected chi connectivity index (χ0v) is 16.5. The highest BCUT2D eigenvalue weighted by Gasteiger charge is 2.23. The average molecular weight is 388 g/mol. The maximum absolute atomic E-state index is 12.8. The van der Waals surface area contributed by atoms with Crippen molar-refractivity contribution in [1.82, 2.24) is 19.9 Å². The lowest BCUT2D eigenvalue weighted by Crippen LogP contribution is -2.49. The summed E-state index contributed by atoms with van der Waals surface area (Å²) in [5.74, 6) is 1.62. The maximum atomic E-state index is 12.8. The molecule has 1 aliphatic heterocycles. The minimum absolute atomic E-state index is 0.0737. The molecule has 1 fully saturated rings. The highest BCUT2D eigenvalue weighted by Crippen LogP contribution is 2.15. The molecule has 3 heterocycles. The molecule has 7 heteroatoms. The van der Waals surface area contributed by atoms with Gasteiger partial charge in [-0.3, -0.25) is 4.79 Å². The van der Waals surface area contributed by atoms with E-state index in [0.717, 1.165) is 31.3 Å². The molecule has 1 saturated heterocycles. The molecule has 7 nitrogen and oxygen atoms in total. The summed E-state index contributed by atoms with van der Waals surface area (Å²) in [6, 6.07) is 16.1. The molecule has 0 N–H and O–H groups in total. The van der Waals surface area contributed by atoms with E-state index in [1.54, 1.807) is 18.6 Å². The zero-order valence-electron chi connectivity index (χ0n) is 16.5. The van der Waals surface area contributed by atoms with Crippen molar-refractivity contribution in [3.63, 3.8) is 0 Å². The van der Waals surface area contributed by atoms with Gasteiger partial charge in [-0.1, -0.05) is 36.4 Å². The van der Waals surface area contributed by atoms with Crippen LogP contribution in [0.15, 0.2) is 67.1 Å². The summed E-state index contributed by atoms with van der Waals surface area (Å²) in [4.78, 5) is 32.0. The second-order valence-corrected chi connectivity index (χ2v) is 7.07. The number of hydrogen-bond donors (Lipinski definition) is 0. The van der Waals surface area contributed by atoms with Gasteiger partial charge in [-0.25, -0.2) is 15.0 Å². The summed E-state index contributed by atoms with van der Waals surface area (Å²) in [6.45, 7) is 3.54. The minimum atomic E-state index is -0.0737. The van der Waals surface area contributed by atoms with Gasteiger partial charge in [0.15, 0.2) is 0 Å². The van der Waals surface area contributed by atoms with E-state index in [1.165, 1.54) is 5.56 Å². The van der Waals surface area contributed by atoms with Crippen LogP contribution in [-0.4, -0.2) is 59.0 Å². The lowest BCUT2D eigenvalue weighted by atomic mass is 10.2. The number of pyridine rings is 1. The van der Waals surface area contributed by atoms with Crippen LogP contribution in [0.5, 0.6) is 0 Å². The van der Waals surface area contributed by atoms with E-state index in [9.17, 15) is 4.79 Å². The van der Waals surface area contributed by atoms with Crippen LogP contribution in [0.2, 0.25) is 0 Å². The highest BCUT2D eigenvalue weighted by atomic mass is 16.2. The summed E-state index contributed by atoms with van der Waals surface area (Å²) in [6.07, 6.45) is 5.03. The molecule has 0 atom stereocenters. The lowest BCUT2D eigenvalue weighted by Gasteiger charge is -2.35. The third-order valence-electron chi connectivity index (χ3n) is 5.05. The largest absolute Gasteiger partial charge is 0.354 e. The highest BCUT2D eigenvalue weighted by molar-refractivity contribution is 5.92. The topological polar surface area (TPSA) is 65.5 Å². The number of carbonyl (C=O) groups excluding carboxylic acids is 1. The van der Waals surface area contributed by atoms with Crippen molar-refractivity contribution in [3.8, 4) is 0 Å². The summed E-state index contributed by atoms with van der Waals surface area (Å²) in [5.41, 5.74) is 1.58. The Morgan fingerprint density at radius 1 is 0.931 bits per heavy atom. The Kier molecular flexibility index (Phi) is 5.65. The fraction of sp³-hybridized carbons (Fsp3) is 0.273. The molecule has 1 aromatic carbocycles. The number of anilines is 2. The predicted octanol–water partition coefficient (Wildman–Crippen LogP) is 2.47. The van der Waals surface area contributed by atoms with Gasteiger partial charge in [-0.15, -0.1) is 0 Å². The first-order chi connectivity index (χ1) is 14.2. The molecule has 4 rings (SSSR count). The Balaban J connectivity index is 1.35. The van der Waals surface area contributed by atoms with Crippen molar-refractivity contribution in [3.05, 3.63) is 78.4 Å². The van der Waals surface area contributed by atoms with Crippen LogP contribution >= 0.6 is 0 Å². The van der Waals surface area contributed by atoms with Gasteiger partial charge in [0.2, 0.25) is 0 Å². The van der Waals surface area contributed by atoms with Crippen LogP contribution in [-0.2, 0) is 6.54 Å². The van der Waals surface area contributed by atoms with Crippen molar-refractivity contribution in [2.45, 2.75) is 6.54 Å². The van der Waals surface area contributed by atoms with E-state index in [4.69, 9.17) is 0 Å². The fourth-order valence-corrected chi connectivity index (χ4v) is 3.41. The molecule has 0 bridgehead atoms. The Hall–Kier alpha value is -3.48. The number of amides is 1. The normalized spacial score (nSPS) is 14.0. The standard InChI is InChI=1S/C22H24N6O/c1-26(17-18-7-3-2-4-8-18)21-16-24-19(15-25-21)22(29)28-13-11-27(12-14-28)20-9-5-6-10-23-20/h2-10,15-16H,11-14,17H2,1H3. The summed E-state index contributed by atoms with van der Waals surface area (Å²) in [7, 11) is 1.97. The maximum Gasteiger partial charge on any atom is 0.274 e. The Bertz CT molecular complexity index is 925. The van der Waals surface area contributed by atoms with Gasteiger partial charge in [0, 0.05) is 46.0 Å². The fourth-order valence-electron chi connectivity index (χ4n) is 3.41. The summed E-state index contributed by atoms with van der Waals surface area (Å²) < 4.78 is 0. The van der Waals surface area contributed by atoms with Gasteiger partial charge < -0.3 is 14.7 Å². The Morgan fingerprint density at radius 3 is 2.34 bits per heavy atom. The van der Waals surface area contributed by atoms with E-state index >= 15 is 0 Å². The van der Waals surface area contributed by atoms with E-state index in [1.807, 2.05) is 53.2 Å². The van der Waals surface area contributed by atoms with Crippen LogP contribution in [0.4, 0.5) is 11.6 Å². The molecule has 0 radical (unpaired) electrons. The second-order valence-electron chi connectivity index (χ2n) is 7.07. The average Bonchev–Trinajstić information content (AvgIpc) is 2.80. The molecule has 0 aliphatic carbocycles. The third-order valence-corrected chi connectivity index (χ3v) is 5.05. The molecule has 0 saturated carbocycles. The number of carbonyl (C=O) groups is 1. The summed E-state index contributed by atoms with van der Waals surface area (Å²) in [5, 5.41) is 0. The first kappa shape index (κ1) is 18.9. The smallest absolute Gasteiger partial charge is 0.274 e. The van der Waals surface area contributed by atoms with Crippen molar-refractivity contribution < 1.29 is 4.79 Å². The van der Waals surface area contributed by atoms with Crippen LogP contribution in [0, 0.1) is 0 Å². The van der Waals surface area contributed by atoms with Gasteiger partial charge >= 0.3 is 0 Å². The van der Waals surface area contributed by atoms with Crippen molar-refractivity contribution >= 4 is 17.5 Å². The first-order valence-electron chi connectivity index (χ1n) is 9.73. The van der Waals surface area contributed by atoms with Gasteiger partial charge in [-0.05, 0) is 17.7 Å². The molecule has 1 aliphatic rings. The van der Waals surface area contributed by atoms with Crippen LogP contribution < -0.4 is 9.80 Å². The van der Waals surface area contributed by atoms with E-state index < -0.39 is 0 Å². The molecular formula is C22H24N6O. The predicted molar refractivity (Wildman–Crippen MR) is 113 cm³/mol.